The molecule has 3 amide bonds. The summed E-state index contributed by atoms with van der Waals surface area (Å²) in [5.41, 5.74) is 3.37. The third kappa shape index (κ3) is 5.94. The number of benzene rings is 1. The van der Waals surface area contributed by atoms with Gasteiger partial charge in [0, 0.05) is 43.8 Å². The van der Waals surface area contributed by atoms with Gasteiger partial charge in [-0.15, -0.1) is 0 Å². The van der Waals surface area contributed by atoms with E-state index < -0.39 is 0 Å². The number of hydrogen-bond donors (Lipinski definition) is 3. The molecule has 1 aliphatic heterocycles. The largest absolute Gasteiger partial charge is 0.371 e. The fourth-order valence-corrected chi connectivity index (χ4v) is 3.51. The van der Waals surface area contributed by atoms with Gasteiger partial charge in [0.15, 0.2) is 0 Å². The number of nitrogens with one attached hydrogen (secondary N) is 3. The lowest BCUT2D eigenvalue weighted by Crippen LogP contribution is -2.42. The molecule has 2 aromatic rings. The maximum atomic E-state index is 12.2. The van der Waals surface area contributed by atoms with Gasteiger partial charge in [-0.05, 0) is 56.9 Å². The first-order valence-electron chi connectivity index (χ1n) is 10.2. The van der Waals surface area contributed by atoms with Crippen molar-refractivity contribution in [3.63, 3.8) is 0 Å². The molecule has 3 N–H and O–H groups in total. The Morgan fingerprint density at radius 2 is 1.97 bits per heavy atom. The summed E-state index contributed by atoms with van der Waals surface area (Å²) in [5.74, 6) is 0.200. The normalized spacial score (nSPS) is 16.2. The van der Waals surface area contributed by atoms with Crippen molar-refractivity contribution in [2.24, 2.45) is 5.92 Å². The molecule has 1 aromatic heterocycles. The van der Waals surface area contributed by atoms with Crippen molar-refractivity contribution >= 4 is 23.3 Å². The number of piperidine rings is 1. The Morgan fingerprint density at radius 3 is 2.72 bits per heavy atom. The molecule has 1 aliphatic rings. The molecule has 1 aromatic carbocycles. The Morgan fingerprint density at radius 1 is 1.17 bits per heavy atom. The quantitative estimate of drug-likeness (QED) is 0.701. The molecule has 0 saturated carbocycles. The van der Waals surface area contributed by atoms with E-state index in [1.807, 2.05) is 50.2 Å². The third-order valence-electron chi connectivity index (χ3n) is 5.06. The van der Waals surface area contributed by atoms with Crippen LogP contribution in [0.2, 0.25) is 0 Å². The Labute approximate surface area is 171 Å². The molecule has 3 rings (SSSR count). The standard InChI is InChI=1S/C22H29N5O2/c1-3-23-21(28)20-13-19(10-11-24-20)27-12-4-5-17(15-27)14-25-22(29)26-18-8-6-16(2)7-9-18/h6-11,13,17H,3-5,12,14-15H2,1-2H3,(H,23,28)(H2,25,26,29). The van der Waals surface area contributed by atoms with Crippen molar-refractivity contribution < 1.29 is 9.59 Å². The minimum absolute atomic E-state index is 0.155. The SMILES string of the molecule is CCNC(=O)c1cc(N2CCCC(CNC(=O)Nc3ccc(C)cc3)C2)ccn1. The summed E-state index contributed by atoms with van der Waals surface area (Å²) in [6, 6.07) is 11.3. The summed E-state index contributed by atoms with van der Waals surface area (Å²) in [6.07, 6.45) is 3.79. The molecule has 1 fully saturated rings. The lowest BCUT2D eigenvalue weighted by Gasteiger charge is -2.34. The number of pyridine rings is 1. The van der Waals surface area contributed by atoms with Crippen LogP contribution in [-0.2, 0) is 0 Å². The number of anilines is 2. The topological polar surface area (TPSA) is 86.4 Å². The highest BCUT2D eigenvalue weighted by Crippen LogP contribution is 2.23. The monoisotopic (exact) mass is 395 g/mol. The maximum absolute atomic E-state index is 12.2. The Balaban J connectivity index is 1.52. The van der Waals surface area contributed by atoms with Gasteiger partial charge in [0.05, 0.1) is 0 Å². The van der Waals surface area contributed by atoms with Crippen molar-refractivity contribution in [2.45, 2.75) is 26.7 Å². The van der Waals surface area contributed by atoms with Crippen LogP contribution in [0.5, 0.6) is 0 Å². The Bertz CT molecular complexity index is 837. The highest BCUT2D eigenvalue weighted by molar-refractivity contribution is 5.93. The fraction of sp³-hybridized carbons (Fsp3) is 0.409. The van der Waals surface area contributed by atoms with Gasteiger partial charge < -0.3 is 20.9 Å². The number of nitrogens with zero attached hydrogens (tertiary/aromatic N) is 2. The van der Waals surface area contributed by atoms with Crippen LogP contribution in [0.3, 0.4) is 0 Å². The van der Waals surface area contributed by atoms with Gasteiger partial charge in [-0.2, -0.15) is 0 Å². The molecular formula is C22H29N5O2. The molecule has 1 saturated heterocycles. The van der Waals surface area contributed by atoms with E-state index in [9.17, 15) is 9.59 Å². The van der Waals surface area contributed by atoms with Crippen LogP contribution in [0.15, 0.2) is 42.6 Å². The number of amides is 3. The zero-order chi connectivity index (χ0) is 20.6. The van der Waals surface area contributed by atoms with E-state index in [1.54, 1.807) is 6.20 Å². The van der Waals surface area contributed by atoms with E-state index >= 15 is 0 Å². The number of carbonyl (C=O) groups excluding carboxylic acids is 2. The molecular weight excluding hydrogens is 366 g/mol. The summed E-state index contributed by atoms with van der Waals surface area (Å²) in [5, 5.41) is 8.63. The van der Waals surface area contributed by atoms with Crippen molar-refractivity contribution in [1.82, 2.24) is 15.6 Å². The molecule has 29 heavy (non-hydrogen) atoms. The molecule has 2 heterocycles. The van der Waals surface area contributed by atoms with Crippen LogP contribution in [0.4, 0.5) is 16.2 Å². The van der Waals surface area contributed by atoms with Gasteiger partial charge in [-0.25, -0.2) is 4.79 Å². The maximum Gasteiger partial charge on any atom is 0.319 e. The van der Waals surface area contributed by atoms with Crippen LogP contribution >= 0.6 is 0 Å². The number of rotatable bonds is 6. The number of hydrogen-bond acceptors (Lipinski definition) is 4. The second-order valence-corrected chi connectivity index (χ2v) is 7.41. The zero-order valence-corrected chi connectivity index (χ0v) is 17.1. The highest BCUT2D eigenvalue weighted by atomic mass is 16.2. The fourth-order valence-electron chi connectivity index (χ4n) is 3.51. The molecule has 7 nitrogen and oxygen atoms in total. The predicted octanol–water partition coefficient (Wildman–Crippen LogP) is 3.18. The van der Waals surface area contributed by atoms with Crippen molar-refractivity contribution in [2.75, 3.05) is 36.4 Å². The molecule has 0 spiro atoms. The smallest absolute Gasteiger partial charge is 0.319 e. The van der Waals surface area contributed by atoms with Gasteiger partial charge in [0.1, 0.15) is 5.69 Å². The average molecular weight is 396 g/mol. The van der Waals surface area contributed by atoms with Crippen molar-refractivity contribution in [3.05, 3.63) is 53.9 Å². The zero-order valence-electron chi connectivity index (χ0n) is 17.1. The first-order valence-corrected chi connectivity index (χ1v) is 10.2. The number of aryl methyl sites for hydroxylation is 1. The lowest BCUT2D eigenvalue weighted by molar-refractivity contribution is 0.0951. The lowest BCUT2D eigenvalue weighted by atomic mass is 9.97. The van der Waals surface area contributed by atoms with Gasteiger partial charge >= 0.3 is 6.03 Å². The molecule has 1 unspecified atom stereocenters. The average Bonchev–Trinajstić information content (AvgIpc) is 2.74. The number of aromatic nitrogens is 1. The van der Waals surface area contributed by atoms with Gasteiger partial charge in [-0.1, -0.05) is 17.7 Å². The van der Waals surface area contributed by atoms with E-state index in [0.717, 1.165) is 42.9 Å². The molecule has 0 radical (unpaired) electrons. The first kappa shape index (κ1) is 20.6. The third-order valence-corrected chi connectivity index (χ3v) is 5.06. The summed E-state index contributed by atoms with van der Waals surface area (Å²) in [4.78, 5) is 30.7. The Hall–Kier alpha value is -3.09. The van der Waals surface area contributed by atoms with Crippen molar-refractivity contribution in [3.8, 4) is 0 Å². The van der Waals surface area contributed by atoms with Crippen LogP contribution in [-0.4, -0.2) is 43.1 Å². The minimum atomic E-state index is -0.187. The number of urea groups is 1. The summed E-state index contributed by atoms with van der Waals surface area (Å²) < 4.78 is 0. The second kappa shape index (κ2) is 9.91. The summed E-state index contributed by atoms with van der Waals surface area (Å²) in [6.45, 7) is 6.86. The highest BCUT2D eigenvalue weighted by Gasteiger charge is 2.21. The molecule has 7 heteroatoms. The van der Waals surface area contributed by atoms with E-state index in [2.05, 4.69) is 25.8 Å². The van der Waals surface area contributed by atoms with E-state index in [4.69, 9.17) is 0 Å². The predicted molar refractivity (Wildman–Crippen MR) is 115 cm³/mol. The van der Waals surface area contributed by atoms with E-state index in [1.165, 1.54) is 0 Å². The first-order chi connectivity index (χ1) is 14.0. The molecule has 0 bridgehead atoms. The van der Waals surface area contributed by atoms with E-state index in [-0.39, 0.29) is 11.9 Å². The van der Waals surface area contributed by atoms with Crippen molar-refractivity contribution in [1.29, 1.82) is 0 Å². The minimum Gasteiger partial charge on any atom is -0.371 e. The van der Waals surface area contributed by atoms with Crippen LogP contribution < -0.4 is 20.9 Å². The molecule has 154 valence electrons. The molecule has 1 atom stereocenters. The second-order valence-electron chi connectivity index (χ2n) is 7.41. The van der Waals surface area contributed by atoms with Gasteiger partial charge in [0.25, 0.3) is 5.91 Å². The van der Waals surface area contributed by atoms with Gasteiger partial charge in [0.2, 0.25) is 0 Å². The Kier molecular flexibility index (Phi) is 7.05. The summed E-state index contributed by atoms with van der Waals surface area (Å²) in [7, 11) is 0. The van der Waals surface area contributed by atoms with Crippen LogP contribution in [0, 0.1) is 12.8 Å². The van der Waals surface area contributed by atoms with Crippen LogP contribution in [0.25, 0.3) is 0 Å². The summed E-state index contributed by atoms with van der Waals surface area (Å²) >= 11 is 0. The van der Waals surface area contributed by atoms with Crippen LogP contribution in [0.1, 0.15) is 35.8 Å². The molecule has 0 aliphatic carbocycles. The van der Waals surface area contributed by atoms with Gasteiger partial charge in [-0.3, -0.25) is 9.78 Å². The van der Waals surface area contributed by atoms with E-state index in [0.29, 0.717) is 24.7 Å². The number of carbonyl (C=O) groups is 2.